The van der Waals surface area contributed by atoms with Gasteiger partial charge >= 0.3 is 0 Å². The van der Waals surface area contributed by atoms with Gasteiger partial charge in [-0.3, -0.25) is 0 Å². The lowest BCUT2D eigenvalue weighted by Crippen LogP contribution is -2.21. The molecule has 0 saturated carbocycles. The van der Waals surface area contributed by atoms with Crippen molar-refractivity contribution in [2.24, 2.45) is 5.73 Å². The maximum atomic E-state index is 5.60. The van der Waals surface area contributed by atoms with Crippen LogP contribution in [-0.2, 0) is 17.7 Å². The van der Waals surface area contributed by atoms with Crippen LogP contribution in [0.25, 0.3) is 0 Å². The van der Waals surface area contributed by atoms with E-state index in [1.54, 1.807) is 7.11 Å². The van der Waals surface area contributed by atoms with Crippen molar-refractivity contribution >= 4 is 0 Å². The number of aryl methyl sites for hydroxylation is 1. The van der Waals surface area contributed by atoms with Crippen LogP contribution < -0.4 is 5.73 Å². The number of ether oxygens (including phenoxy) is 1. The highest BCUT2D eigenvalue weighted by Crippen LogP contribution is 2.19. The number of fused-ring (bicyclic) bond motifs is 1. The zero-order valence-electron chi connectivity index (χ0n) is 8.44. The standard InChI is InChI=1S/C9H16N4O/c1-14-7(6-10)9-12-11-8-4-2-3-5-13(8)9/h7H,2-6,10H2,1H3. The molecule has 78 valence electrons. The topological polar surface area (TPSA) is 66.0 Å². The fourth-order valence-electron chi connectivity index (χ4n) is 1.88. The van der Waals surface area contributed by atoms with Crippen LogP contribution in [0.5, 0.6) is 0 Å². The van der Waals surface area contributed by atoms with Gasteiger partial charge in [0.25, 0.3) is 0 Å². The van der Waals surface area contributed by atoms with Crippen molar-refractivity contribution in [3.63, 3.8) is 0 Å². The fourth-order valence-corrected chi connectivity index (χ4v) is 1.88. The molecule has 1 atom stereocenters. The summed E-state index contributed by atoms with van der Waals surface area (Å²) in [4.78, 5) is 0. The molecule has 2 rings (SSSR count). The first-order valence-corrected chi connectivity index (χ1v) is 5.01. The lowest BCUT2D eigenvalue weighted by atomic mass is 10.1. The summed E-state index contributed by atoms with van der Waals surface area (Å²) in [6, 6.07) is 0. The second-order valence-electron chi connectivity index (χ2n) is 3.54. The zero-order chi connectivity index (χ0) is 9.97. The molecule has 14 heavy (non-hydrogen) atoms. The Kier molecular flexibility index (Phi) is 2.79. The van der Waals surface area contributed by atoms with E-state index in [1.807, 2.05) is 0 Å². The highest BCUT2D eigenvalue weighted by molar-refractivity contribution is 5.02. The van der Waals surface area contributed by atoms with Crippen molar-refractivity contribution in [3.8, 4) is 0 Å². The van der Waals surface area contributed by atoms with Gasteiger partial charge in [-0.05, 0) is 12.8 Å². The molecule has 5 nitrogen and oxygen atoms in total. The van der Waals surface area contributed by atoms with Crippen molar-refractivity contribution in [1.82, 2.24) is 14.8 Å². The van der Waals surface area contributed by atoms with E-state index in [1.165, 1.54) is 12.8 Å². The largest absolute Gasteiger partial charge is 0.372 e. The molecule has 0 bridgehead atoms. The van der Waals surface area contributed by atoms with Crippen LogP contribution in [0.1, 0.15) is 30.6 Å². The number of nitrogens with two attached hydrogens (primary N) is 1. The number of hydrogen-bond acceptors (Lipinski definition) is 4. The van der Waals surface area contributed by atoms with E-state index in [-0.39, 0.29) is 6.10 Å². The Morgan fingerprint density at radius 2 is 2.36 bits per heavy atom. The Labute approximate surface area is 83.3 Å². The summed E-state index contributed by atoms with van der Waals surface area (Å²) in [7, 11) is 1.65. The van der Waals surface area contributed by atoms with Crippen molar-refractivity contribution in [3.05, 3.63) is 11.6 Å². The van der Waals surface area contributed by atoms with Crippen molar-refractivity contribution < 1.29 is 4.74 Å². The lowest BCUT2D eigenvalue weighted by molar-refractivity contribution is 0.0986. The van der Waals surface area contributed by atoms with E-state index in [9.17, 15) is 0 Å². The van der Waals surface area contributed by atoms with E-state index in [4.69, 9.17) is 10.5 Å². The second-order valence-corrected chi connectivity index (χ2v) is 3.54. The summed E-state index contributed by atoms with van der Waals surface area (Å²) in [5, 5.41) is 8.30. The molecule has 1 aromatic heterocycles. The van der Waals surface area contributed by atoms with E-state index in [0.717, 1.165) is 24.6 Å². The van der Waals surface area contributed by atoms with Gasteiger partial charge in [-0.2, -0.15) is 0 Å². The van der Waals surface area contributed by atoms with Crippen molar-refractivity contribution in [1.29, 1.82) is 0 Å². The first kappa shape index (κ1) is 9.61. The molecule has 1 aliphatic rings. The van der Waals surface area contributed by atoms with Gasteiger partial charge in [0.05, 0.1) is 0 Å². The molecule has 1 unspecified atom stereocenters. The Hall–Kier alpha value is -0.940. The molecule has 2 heterocycles. The third kappa shape index (κ3) is 1.53. The van der Waals surface area contributed by atoms with Crippen molar-refractivity contribution in [2.45, 2.75) is 31.9 Å². The average molecular weight is 196 g/mol. The maximum Gasteiger partial charge on any atom is 0.163 e. The van der Waals surface area contributed by atoms with E-state index < -0.39 is 0 Å². The molecule has 1 aromatic rings. The minimum Gasteiger partial charge on any atom is -0.372 e. The van der Waals surface area contributed by atoms with Gasteiger partial charge in [0.2, 0.25) is 0 Å². The monoisotopic (exact) mass is 196 g/mol. The zero-order valence-corrected chi connectivity index (χ0v) is 8.44. The SMILES string of the molecule is COC(CN)c1nnc2n1CCCC2. The Balaban J connectivity index is 2.29. The highest BCUT2D eigenvalue weighted by atomic mass is 16.5. The lowest BCUT2D eigenvalue weighted by Gasteiger charge is -2.18. The molecular formula is C9H16N4O. The quantitative estimate of drug-likeness (QED) is 0.753. The number of nitrogens with zero attached hydrogens (tertiary/aromatic N) is 3. The number of methoxy groups -OCH3 is 1. The van der Waals surface area contributed by atoms with Crippen LogP contribution in [0.4, 0.5) is 0 Å². The maximum absolute atomic E-state index is 5.60. The third-order valence-corrected chi connectivity index (χ3v) is 2.67. The summed E-state index contributed by atoms with van der Waals surface area (Å²) in [6.45, 7) is 1.45. The molecule has 0 saturated heterocycles. The Bertz CT molecular complexity index is 306. The molecular weight excluding hydrogens is 180 g/mol. The molecule has 0 aliphatic carbocycles. The molecule has 1 aliphatic heterocycles. The summed E-state index contributed by atoms with van der Waals surface area (Å²) in [5.74, 6) is 1.95. The summed E-state index contributed by atoms with van der Waals surface area (Å²) >= 11 is 0. The summed E-state index contributed by atoms with van der Waals surface area (Å²) in [5.41, 5.74) is 5.60. The van der Waals surface area contributed by atoms with Crippen LogP contribution in [0.15, 0.2) is 0 Å². The second kappa shape index (κ2) is 4.06. The molecule has 5 heteroatoms. The fraction of sp³-hybridized carbons (Fsp3) is 0.778. The van der Waals surface area contributed by atoms with Crippen LogP contribution in [0.2, 0.25) is 0 Å². The van der Waals surface area contributed by atoms with Gasteiger partial charge in [0, 0.05) is 26.6 Å². The van der Waals surface area contributed by atoms with Crippen LogP contribution in [-0.4, -0.2) is 28.4 Å². The molecule has 0 spiro atoms. The molecule has 0 aromatic carbocycles. The Morgan fingerprint density at radius 1 is 1.50 bits per heavy atom. The molecule has 0 radical (unpaired) electrons. The van der Waals surface area contributed by atoms with Gasteiger partial charge in [-0.15, -0.1) is 10.2 Å². The van der Waals surface area contributed by atoms with Crippen molar-refractivity contribution in [2.75, 3.05) is 13.7 Å². The van der Waals surface area contributed by atoms with Crippen LogP contribution >= 0.6 is 0 Å². The van der Waals surface area contributed by atoms with Gasteiger partial charge in [0.1, 0.15) is 11.9 Å². The van der Waals surface area contributed by atoms with Gasteiger partial charge < -0.3 is 15.0 Å². The van der Waals surface area contributed by atoms with Gasteiger partial charge in [0.15, 0.2) is 5.82 Å². The van der Waals surface area contributed by atoms with Gasteiger partial charge in [-0.1, -0.05) is 0 Å². The predicted molar refractivity (Wildman–Crippen MR) is 51.8 cm³/mol. The summed E-state index contributed by atoms with van der Waals surface area (Å²) in [6.07, 6.45) is 3.31. The highest BCUT2D eigenvalue weighted by Gasteiger charge is 2.21. The number of aromatic nitrogens is 3. The average Bonchev–Trinajstić information content (AvgIpc) is 2.65. The Morgan fingerprint density at radius 3 is 3.07 bits per heavy atom. The predicted octanol–water partition coefficient (Wildman–Crippen LogP) is 0.261. The minimum atomic E-state index is -0.116. The van der Waals surface area contributed by atoms with E-state index in [0.29, 0.717) is 6.54 Å². The van der Waals surface area contributed by atoms with Crippen LogP contribution in [0, 0.1) is 0 Å². The minimum absolute atomic E-state index is 0.116. The van der Waals surface area contributed by atoms with Gasteiger partial charge in [-0.25, -0.2) is 0 Å². The number of hydrogen-bond donors (Lipinski definition) is 1. The van der Waals surface area contributed by atoms with E-state index in [2.05, 4.69) is 14.8 Å². The molecule has 0 amide bonds. The number of rotatable bonds is 3. The molecule has 0 fully saturated rings. The van der Waals surface area contributed by atoms with Crippen LogP contribution in [0.3, 0.4) is 0 Å². The summed E-state index contributed by atoms with van der Waals surface area (Å²) < 4.78 is 7.40. The smallest absolute Gasteiger partial charge is 0.163 e. The molecule has 2 N–H and O–H groups in total. The third-order valence-electron chi connectivity index (χ3n) is 2.67. The van der Waals surface area contributed by atoms with E-state index >= 15 is 0 Å². The first-order valence-electron chi connectivity index (χ1n) is 5.01. The first-order chi connectivity index (χ1) is 6.86. The normalized spacial score (nSPS) is 17.9.